The average molecular weight is 470 g/mol. The van der Waals surface area contributed by atoms with E-state index in [1.165, 1.54) is 18.3 Å². The second-order valence-electron chi connectivity index (χ2n) is 8.19. The molecule has 1 aromatic heterocycles. The highest BCUT2D eigenvalue weighted by atomic mass is 16.3. The van der Waals surface area contributed by atoms with Gasteiger partial charge in [-0.1, -0.05) is 44.7 Å². The van der Waals surface area contributed by atoms with Crippen molar-refractivity contribution in [2.45, 2.75) is 26.7 Å². The summed E-state index contributed by atoms with van der Waals surface area (Å²) in [6.07, 6.45) is 8.61. The van der Waals surface area contributed by atoms with Crippen LogP contribution < -0.4 is 10.6 Å². The predicted octanol–water partition coefficient (Wildman–Crippen LogP) is 5.82. The number of pyridine rings is 1. The van der Waals surface area contributed by atoms with Crippen LogP contribution in [0.25, 0.3) is 17.0 Å². The molecule has 1 amide bonds. The van der Waals surface area contributed by atoms with Gasteiger partial charge in [-0.15, -0.1) is 0 Å². The minimum atomic E-state index is -0.342. The van der Waals surface area contributed by atoms with Crippen LogP contribution in [-0.2, 0) is 4.79 Å². The number of anilines is 3. The highest BCUT2D eigenvalue weighted by Crippen LogP contribution is 2.35. The van der Waals surface area contributed by atoms with Gasteiger partial charge in [-0.3, -0.25) is 14.7 Å². The number of nitriles is 1. The lowest BCUT2D eigenvalue weighted by Crippen LogP contribution is -2.25. The topological polar surface area (TPSA) is 101 Å². The molecule has 3 N–H and O–H groups in total. The van der Waals surface area contributed by atoms with Gasteiger partial charge in [-0.25, -0.2) is 0 Å². The van der Waals surface area contributed by atoms with Gasteiger partial charge < -0.3 is 15.7 Å². The molecule has 0 aliphatic carbocycles. The number of hydrogen-bond donors (Lipinski definition) is 3. The molecule has 0 aliphatic heterocycles. The third-order valence-corrected chi connectivity index (χ3v) is 5.47. The molecule has 0 aliphatic rings. The molecular weight excluding hydrogens is 438 g/mol. The van der Waals surface area contributed by atoms with Crippen LogP contribution in [0.15, 0.2) is 61.3 Å². The first kappa shape index (κ1) is 25.5. The Morgan fingerprint density at radius 1 is 1.23 bits per heavy atom. The zero-order chi connectivity index (χ0) is 25.2. The van der Waals surface area contributed by atoms with E-state index < -0.39 is 0 Å². The van der Waals surface area contributed by atoms with Crippen LogP contribution in [0.3, 0.4) is 0 Å². The Morgan fingerprint density at radius 3 is 2.69 bits per heavy atom. The molecule has 35 heavy (non-hydrogen) atoms. The maximum Gasteiger partial charge on any atom is 0.248 e. The predicted molar refractivity (Wildman–Crippen MR) is 143 cm³/mol. The van der Waals surface area contributed by atoms with E-state index >= 15 is 0 Å². The van der Waals surface area contributed by atoms with Crippen LogP contribution >= 0.6 is 0 Å². The Kier molecular flexibility index (Phi) is 8.99. The van der Waals surface area contributed by atoms with Gasteiger partial charge in [-0.2, -0.15) is 5.26 Å². The normalized spacial score (nSPS) is 11.0. The van der Waals surface area contributed by atoms with Crippen molar-refractivity contribution < 1.29 is 9.90 Å². The van der Waals surface area contributed by atoms with E-state index in [4.69, 9.17) is 0 Å². The maximum atomic E-state index is 12.5. The maximum absolute atomic E-state index is 12.5. The monoisotopic (exact) mass is 469 g/mol. The fraction of sp³-hybridized carbons (Fsp3) is 0.250. The average Bonchev–Trinajstić information content (AvgIpc) is 2.85. The summed E-state index contributed by atoms with van der Waals surface area (Å²) in [7, 11) is 0. The molecule has 1 heterocycles. The standard InChI is InChI=1S/C28H31N5O2/c1-4-12-33(13-5-2)14-8-11-27(35)32-25-16-23-24(17-26(25)34)30-19-21(18-29)28(23)31-22-10-7-9-20(6-3)15-22/h6-11,15-17,19,34H,3-5,12-14H2,1-2H3,(H,30,31)(H,32,35)/b11-8+. The van der Waals surface area contributed by atoms with Crippen molar-refractivity contribution in [2.75, 3.05) is 30.3 Å². The summed E-state index contributed by atoms with van der Waals surface area (Å²) < 4.78 is 0. The summed E-state index contributed by atoms with van der Waals surface area (Å²) in [5.74, 6) is -0.445. The van der Waals surface area contributed by atoms with Gasteiger partial charge in [0.1, 0.15) is 11.8 Å². The first-order valence-corrected chi connectivity index (χ1v) is 11.7. The summed E-state index contributed by atoms with van der Waals surface area (Å²) in [4.78, 5) is 19.1. The third-order valence-electron chi connectivity index (χ3n) is 5.47. The van der Waals surface area contributed by atoms with Gasteiger partial charge in [0.15, 0.2) is 0 Å². The number of nitrogens with zero attached hydrogens (tertiary/aromatic N) is 3. The summed E-state index contributed by atoms with van der Waals surface area (Å²) in [6.45, 7) is 10.7. The molecule has 0 unspecified atom stereocenters. The number of phenols is 1. The molecule has 0 saturated heterocycles. The highest BCUT2D eigenvalue weighted by molar-refractivity contribution is 6.04. The SMILES string of the molecule is C=Cc1cccc(Nc2c(C#N)cnc3cc(O)c(NC(=O)/C=C/CN(CCC)CCC)cc23)c1. The summed E-state index contributed by atoms with van der Waals surface area (Å²) in [5, 5.41) is 26.8. The van der Waals surface area contributed by atoms with E-state index in [0.717, 1.165) is 37.2 Å². The molecule has 0 bridgehead atoms. The van der Waals surface area contributed by atoms with Crippen LogP contribution in [-0.4, -0.2) is 40.5 Å². The third kappa shape index (κ3) is 6.69. The fourth-order valence-corrected chi connectivity index (χ4v) is 3.85. The molecule has 0 radical (unpaired) electrons. The molecule has 180 valence electrons. The van der Waals surface area contributed by atoms with E-state index in [-0.39, 0.29) is 17.3 Å². The number of benzene rings is 2. The number of fused-ring (bicyclic) bond motifs is 1. The number of carbonyl (C=O) groups excluding carboxylic acids is 1. The molecule has 0 fully saturated rings. The first-order chi connectivity index (χ1) is 17.0. The second-order valence-corrected chi connectivity index (χ2v) is 8.19. The lowest BCUT2D eigenvalue weighted by molar-refractivity contribution is -0.111. The Balaban J connectivity index is 1.88. The van der Waals surface area contributed by atoms with Crippen molar-refractivity contribution in [3.8, 4) is 11.8 Å². The smallest absolute Gasteiger partial charge is 0.248 e. The van der Waals surface area contributed by atoms with Crippen LogP contribution in [0.5, 0.6) is 5.75 Å². The fourth-order valence-electron chi connectivity index (χ4n) is 3.85. The van der Waals surface area contributed by atoms with Crippen molar-refractivity contribution >= 4 is 39.9 Å². The molecule has 3 rings (SSSR count). The number of aromatic nitrogens is 1. The molecule has 0 atom stereocenters. The molecule has 7 nitrogen and oxygen atoms in total. The summed E-state index contributed by atoms with van der Waals surface area (Å²) >= 11 is 0. The van der Waals surface area contributed by atoms with Crippen LogP contribution in [0, 0.1) is 11.3 Å². The van der Waals surface area contributed by atoms with Crippen molar-refractivity contribution in [1.29, 1.82) is 5.26 Å². The van der Waals surface area contributed by atoms with E-state index in [1.54, 1.807) is 12.1 Å². The molecule has 0 saturated carbocycles. The highest BCUT2D eigenvalue weighted by Gasteiger charge is 2.14. The van der Waals surface area contributed by atoms with Crippen molar-refractivity contribution in [3.63, 3.8) is 0 Å². The summed E-state index contributed by atoms with van der Waals surface area (Å²) in [6, 6.07) is 12.9. The van der Waals surface area contributed by atoms with E-state index in [1.807, 2.05) is 30.3 Å². The Bertz CT molecular complexity index is 1270. The van der Waals surface area contributed by atoms with E-state index in [9.17, 15) is 15.2 Å². The quantitative estimate of drug-likeness (QED) is 0.242. The van der Waals surface area contributed by atoms with Crippen LogP contribution in [0.4, 0.5) is 17.1 Å². The van der Waals surface area contributed by atoms with Crippen LogP contribution in [0.2, 0.25) is 0 Å². The molecule has 0 spiro atoms. The number of phenolic OH excluding ortho intramolecular Hbond substituents is 1. The number of carbonyl (C=O) groups is 1. The van der Waals surface area contributed by atoms with E-state index in [0.29, 0.717) is 28.7 Å². The minimum absolute atomic E-state index is 0.102. The Labute approximate surface area is 206 Å². The second kappa shape index (κ2) is 12.4. The van der Waals surface area contributed by atoms with Gasteiger partial charge >= 0.3 is 0 Å². The number of amides is 1. The number of hydrogen-bond acceptors (Lipinski definition) is 6. The minimum Gasteiger partial charge on any atom is -0.506 e. The molecule has 3 aromatic rings. The lowest BCUT2D eigenvalue weighted by Gasteiger charge is -2.18. The number of rotatable bonds is 11. The van der Waals surface area contributed by atoms with Crippen molar-refractivity contribution in [3.05, 3.63) is 72.5 Å². The van der Waals surface area contributed by atoms with Crippen LogP contribution in [0.1, 0.15) is 37.8 Å². The van der Waals surface area contributed by atoms with Gasteiger partial charge in [0.25, 0.3) is 0 Å². The zero-order valence-corrected chi connectivity index (χ0v) is 20.2. The van der Waals surface area contributed by atoms with Gasteiger partial charge in [-0.05, 0) is 49.7 Å². The number of aromatic hydroxyl groups is 1. The van der Waals surface area contributed by atoms with Gasteiger partial charge in [0.05, 0.1) is 22.5 Å². The number of nitrogens with one attached hydrogen (secondary N) is 2. The van der Waals surface area contributed by atoms with Gasteiger partial charge in [0.2, 0.25) is 5.91 Å². The van der Waals surface area contributed by atoms with E-state index in [2.05, 4.69) is 47.0 Å². The Hall–Kier alpha value is -4.15. The molecule has 7 heteroatoms. The first-order valence-electron chi connectivity index (χ1n) is 11.7. The molecule has 2 aromatic carbocycles. The lowest BCUT2D eigenvalue weighted by atomic mass is 10.1. The zero-order valence-electron chi connectivity index (χ0n) is 20.2. The largest absolute Gasteiger partial charge is 0.506 e. The van der Waals surface area contributed by atoms with Gasteiger partial charge in [0, 0.05) is 36.0 Å². The molecular formula is C28H31N5O2. The Morgan fingerprint density at radius 2 is 2.00 bits per heavy atom. The van der Waals surface area contributed by atoms with Crippen molar-refractivity contribution in [2.24, 2.45) is 0 Å². The summed E-state index contributed by atoms with van der Waals surface area (Å²) in [5.41, 5.74) is 3.33. The van der Waals surface area contributed by atoms with Crippen molar-refractivity contribution in [1.82, 2.24) is 9.88 Å².